The third-order valence-electron chi connectivity index (χ3n) is 3.80. The van der Waals surface area contributed by atoms with E-state index in [9.17, 15) is 9.65 Å². The number of aryl methyl sites for hydroxylation is 1. The number of pyridine rings is 1. The van der Waals surface area contributed by atoms with Gasteiger partial charge in [0.1, 0.15) is 34.4 Å². The summed E-state index contributed by atoms with van der Waals surface area (Å²) in [5.74, 6) is 1.31. The number of halogens is 2. The predicted molar refractivity (Wildman–Crippen MR) is 107 cm³/mol. The number of hydrogen-bond acceptors (Lipinski definition) is 8. The number of nitriles is 1. The van der Waals surface area contributed by atoms with E-state index in [0.29, 0.717) is 39.4 Å². The van der Waals surface area contributed by atoms with Crippen LogP contribution in [0.4, 0.5) is 21.8 Å². The Kier molecular flexibility index (Phi) is 4.50. The molecule has 10 heteroatoms. The Morgan fingerprint density at radius 3 is 2.82 bits per heavy atom. The van der Waals surface area contributed by atoms with Crippen LogP contribution in [0.1, 0.15) is 11.4 Å². The first kappa shape index (κ1) is 18.0. The number of benzene rings is 1. The zero-order chi connectivity index (χ0) is 19.8. The quantitative estimate of drug-likeness (QED) is 0.512. The minimum Gasteiger partial charge on any atom is -0.384 e. The third-order valence-corrected chi connectivity index (χ3v) is 5.19. The fourth-order valence-electron chi connectivity index (χ4n) is 2.71. The lowest BCUT2D eigenvalue weighted by Gasteiger charge is -2.06. The van der Waals surface area contributed by atoms with Gasteiger partial charge in [-0.25, -0.2) is 24.3 Å². The van der Waals surface area contributed by atoms with Crippen LogP contribution in [0.3, 0.4) is 0 Å². The fraction of sp³-hybridized carbons (Fsp3) is 0.0556. The maximum Gasteiger partial charge on any atom is 0.151 e. The minimum atomic E-state index is -0.577. The maximum atomic E-state index is 13.6. The van der Waals surface area contributed by atoms with Crippen molar-refractivity contribution in [1.29, 1.82) is 5.26 Å². The Labute approximate surface area is 167 Å². The summed E-state index contributed by atoms with van der Waals surface area (Å²) >= 11 is 7.48. The van der Waals surface area contributed by atoms with E-state index in [1.54, 1.807) is 25.3 Å². The molecule has 138 valence electrons. The molecule has 0 saturated heterocycles. The molecule has 28 heavy (non-hydrogen) atoms. The summed E-state index contributed by atoms with van der Waals surface area (Å²) in [6.07, 6.45) is 1.60. The van der Waals surface area contributed by atoms with Gasteiger partial charge in [0.15, 0.2) is 5.82 Å². The van der Waals surface area contributed by atoms with Crippen molar-refractivity contribution in [2.45, 2.75) is 6.92 Å². The number of nitrogens with one attached hydrogen (secondary N) is 1. The molecule has 0 aliphatic rings. The smallest absolute Gasteiger partial charge is 0.151 e. The number of rotatable bonds is 3. The van der Waals surface area contributed by atoms with Crippen molar-refractivity contribution in [2.24, 2.45) is 0 Å². The van der Waals surface area contributed by atoms with E-state index in [4.69, 9.17) is 17.3 Å². The summed E-state index contributed by atoms with van der Waals surface area (Å²) in [5, 5.41) is 13.1. The van der Waals surface area contributed by atoms with Gasteiger partial charge in [-0.1, -0.05) is 11.6 Å². The van der Waals surface area contributed by atoms with E-state index in [2.05, 4.69) is 25.3 Å². The lowest BCUT2D eigenvalue weighted by atomic mass is 10.1. The van der Waals surface area contributed by atoms with Gasteiger partial charge in [-0.15, -0.1) is 11.3 Å². The largest absolute Gasteiger partial charge is 0.384 e. The number of nitrogens with zero attached hydrogens (tertiary/aromatic N) is 5. The molecule has 0 aliphatic heterocycles. The van der Waals surface area contributed by atoms with Crippen molar-refractivity contribution in [3.63, 3.8) is 0 Å². The van der Waals surface area contributed by atoms with Gasteiger partial charge in [-0.3, -0.25) is 0 Å². The Hall–Kier alpha value is -3.35. The molecule has 0 unspecified atom stereocenters. The lowest BCUT2D eigenvalue weighted by molar-refractivity contribution is 0.627. The highest BCUT2D eigenvalue weighted by Crippen LogP contribution is 2.39. The van der Waals surface area contributed by atoms with Crippen LogP contribution in [0.15, 0.2) is 30.5 Å². The number of nitrogen functional groups attached to an aromatic ring is 1. The van der Waals surface area contributed by atoms with E-state index in [1.807, 2.05) is 6.07 Å². The molecule has 1 aromatic carbocycles. The van der Waals surface area contributed by atoms with Gasteiger partial charge in [-0.2, -0.15) is 5.26 Å². The Morgan fingerprint density at radius 2 is 2.07 bits per heavy atom. The van der Waals surface area contributed by atoms with Crippen LogP contribution in [-0.2, 0) is 0 Å². The van der Waals surface area contributed by atoms with Crippen LogP contribution >= 0.6 is 22.9 Å². The molecule has 0 fully saturated rings. The molecule has 0 radical (unpaired) electrons. The molecule has 3 heterocycles. The third kappa shape index (κ3) is 3.31. The summed E-state index contributed by atoms with van der Waals surface area (Å²) in [6, 6.07) is 7.60. The van der Waals surface area contributed by atoms with Crippen LogP contribution < -0.4 is 11.1 Å². The molecular formula is C18H11ClFN7S. The van der Waals surface area contributed by atoms with Crippen molar-refractivity contribution >= 4 is 50.6 Å². The van der Waals surface area contributed by atoms with E-state index >= 15 is 0 Å². The first-order valence-electron chi connectivity index (χ1n) is 7.98. The second kappa shape index (κ2) is 6.99. The van der Waals surface area contributed by atoms with Gasteiger partial charge >= 0.3 is 0 Å². The zero-order valence-electron chi connectivity index (χ0n) is 14.4. The maximum absolute atomic E-state index is 13.6. The van der Waals surface area contributed by atoms with Gasteiger partial charge in [0.05, 0.1) is 20.8 Å². The average molecular weight is 412 g/mol. The summed E-state index contributed by atoms with van der Waals surface area (Å²) in [7, 11) is 0. The second-order valence-corrected chi connectivity index (χ2v) is 7.21. The van der Waals surface area contributed by atoms with Gasteiger partial charge in [0.25, 0.3) is 0 Å². The minimum absolute atomic E-state index is 0.116. The number of aromatic nitrogens is 4. The average Bonchev–Trinajstić information content (AvgIpc) is 3.04. The van der Waals surface area contributed by atoms with Gasteiger partial charge < -0.3 is 11.1 Å². The topological polar surface area (TPSA) is 113 Å². The van der Waals surface area contributed by atoms with Crippen molar-refractivity contribution < 1.29 is 4.39 Å². The fourth-order valence-corrected chi connectivity index (χ4v) is 4.14. The monoisotopic (exact) mass is 411 g/mol. The van der Waals surface area contributed by atoms with Gasteiger partial charge in [0.2, 0.25) is 0 Å². The molecule has 0 amide bonds. The standard InChI is InChI=1S/C18H11ClFN7S/c1-8-24-13(22)6-14(25-8)27-17-16-12(2-3-23-17)26-18(28-16)15-9(7-21)4-10(20)5-11(15)19/h2-6H,1H3,(H3,22,23,24,25,27). The molecule has 0 bridgehead atoms. The Balaban J connectivity index is 1.84. The molecule has 3 N–H and O–H groups in total. The highest BCUT2D eigenvalue weighted by atomic mass is 35.5. The zero-order valence-corrected chi connectivity index (χ0v) is 15.9. The Bertz CT molecular complexity index is 1240. The van der Waals surface area contributed by atoms with Crippen molar-refractivity contribution in [3.8, 4) is 16.6 Å². The lowest BCUT2D eigenvalue weighted by Crippen LogP contribution is -2.01. The molecular weight excluding hydrogens is 401 g/mol. The van der Waals surface area contributed by atoms with Crippen LogP contribution in [0.2, 0.25) is 5.02 Å². The highest BCUT2D eigenvalue weighted by molar-refractivity contribution is 7.22. The van der Waals surface area contributed by atoms with Crippen molar-refractivity contribution in [3.05, 3.63) is 52.7 Å². The summed E-state index contributed by atoms with van der Waals surface area (Å²) < 4.78 is 14.3. The number of fused-ring (bicyclic) bond motifs is 1. The molecule has 0 spiro atoms. The summed E-state index contributed by atoms with van der Waals surface area (Å²) in [6.45, 7) is 1.74. The van der Waals surface area contributed by atoms with Crippen molar-refractivity contribution in [2.75, 3.05) is 11.1 Å². The number of anilines is 3. The van der Waals surface area contributed by atoms with Crippen molar-refractivity contribution in [1.82, 2.24) is 19.9 Å². The number of nitrogens with two attached hydrogens (primary N) is 1. The first-order chi connectivity index (χ1) is 13.4. The van der Waals surface area contributed by atoms with E-state index in [1.165, 1.54) is 11.3 Å². The molecule has 4 rings (SSSR count). The molecule has 0 aliphatic carbocycles. The normalized spacial score (nSPS) is 10.8. The van der Waals surface area contributed by atoms with Crippen LogP contribution in [0.5, 0.6) is 0 Å². The summed E-state index contributed by atoms with van der Waals surface area (Å²) in [5.41, 5.74) is 6.93. The highest BCUT2D eigenvalue weighted by Gasteiger charge is 2.18. The van der Waals surface area contributed by atoms with Gasteiger partial charge in [0, 0.05) is 17.8 Å². The SMILES string of the molecule is Cc1nc(N)cc(Nc2nccc3nc(-c4c(Cl)cc(F)cc4C#N)sc23)n1. The van der Waals surface area contributed by atoms with Crippen LogP contribution in [0, 0.1) is 24.1 Å². The van der Waals surface area contributed by atoms with Crippen LogP contribution in [0.25, 0.3) is 20.8 Å². The first-order valence-corrected chi connectivity index (χ1v) is 9.17. The molecule has 0 saturated carbocycles. The Morgan fingerprint density at radius 1 is 1.25 bits per heavy atom. The molecule has 7 nitrogen and oxygen atoms in total. The van der Waals surface area contributed by atoms with E-state index in [0.717, 1.165) is 16.8 Å². The molecule has 4 aromatic rings. The number of thiazole rings is 1. The number of hydrogen-bond donors (Lipinski definition) is 2. The van der Waals surface area contributed by atoms with Crippen LogP contribution in [-0.4, -0.2) is 19.9 Å². The second-order valence-electron chi connectivity index (χ2n) is 5.80. The predicted octanol–water partition coefficient (Wildman–Crippen LogP) is 4.45. The van der Waals surface area contributed by atoms with E-state index < -0.39 is 5.82 Å². The van der Waals surface area contributed by atoms with E-state index in [-0.39, 0.29) is 10.6 Å². The molecule has 0 atom stereocenters. The summed E-state index contributed by atoms with van der Waals surface area (Å²) in [4.78, 5) is 17.2. The molecule has 3 aromatic heterocycles. The van der Waals surface area contributed by atoms with Gasteiger partial charge in [-0.05, 0) is 25.1 Å².